The standard InChI is InChI=1S/C21H21N5O3S2/c1-25-19-10-11-26(31(27,28)20-9-5-8-17-21(20)24-30-23-17)12-16(19)18(22-25)14-29-13-15-6-3-2-4-7-15/h2-9H,10-14H2,1H3. The predicted molar refractivity (Wildman–Crippen MR) is 117 cm³/mol. The van der Waals surface area contributed by atoms with Gasteiger partial charge in [0.25, 0.3) is 0 Å². The number of benzene rings is 2. The lowest BCUT2D eigenvalue weighted by Gasteiger charge is -2.27. The highest BCUT2D eigenvalue weighted by molar-refractivity contribution is 7.89. The zero-order valence-corrected chi connectivity index (χ0v) is 18.6. The largest absolute Gasteiger partial charge is 0.370 e. The molecule has 0 N–H and O–H groups in total. The molecule has 0 atom stereocenters. The highest BCUT2D eigenvalue weighted by atomic mass is 32.2. The smallest absolute Gasteiger partial charge is 0.245 e. The van der Waals surface area contributed by atoms with E-state index in [2.05, 4.69) is 13.8 Å². The minimum atomic E-state index is -3.71. The molecule has 0 bridgehead atoms. The lowest BCUT2D eigenvalue weighted by molar-refractivity contribution is 0.103. The topological polar surface area (TPSA) is 90.2 Å². The van der Waals surface area contributed by atoms with Gasteiger partial charge in [-0.05, 0) is 17.7 Å². The predicted octanol–water partition coefficient (Wildman–Crippen LogP) is 2.89. The normalized spacial score (nSPS) is 14.7. The Morgan fingerprint density at radius 2 is 1.90 bits per heavy atom. The van der Waals surface area contributed by atoms with Crippen molar-refractivity contribution in [2.45, 2.75) is 31.1 Å². The number of aromatic nitrogens is 4. The molecule has 1 aliphatic rings. The minimum Gasteiger partial charge on any atom is -0.370 e. The van der Waals surface area contributed by atoms with Crippen LogP contribution in [0.2, 0.25) is 0 Å². The fourth-order valence-electron chi connectivity index (χ4n) is 3.93. The van der Waals surface area contributed by atoms with E-state index in [9.17, 15) is 8.42 Å². The Balaban J connectivity index is 1.39. The summed E-state index contributed by atoms with van der Waals surface area (Å²) >= 11 is 1.02. The molecule has 3 heterocycles. The Morgan fingerprint density at radius 1 is 1.06 bits per heavy atom. The fraction of sp³-hybridized carbons (Fsp3) is 0.286. The molecule has 8 nitrogen and oxygen atoms in total. The summed E-state index contributed by atoms with van der Waals surface area (Å²) in [5.41, 5.74) is 4.87. The first-order chi connectivity index (χ1) is 15.0. The second kappa shape index (κ2) is 8.12. The van der Waals surface area contributed by atoms with Crippen LogP contribution in [0.1, 0.15) is 22.5 Å². The molecule has 2 aromatic carbocycles. The SMILES string of the molecule is Cn1nc(COCc2ccccc2)c2c1CCN(S(=O)(=O)c1cccc3nsnc13)C2. The van der Waals surface area contributed by atoms with Crippen LogP contribution in [0.3, 0.4) is 0 Å². The van der Waals surface area contributed by atoms with Crippen molar-refractivity contribution in [2.24, 2.45) is 7.05 Å². The second-order valence-electron chi connectivity index (χ2n) is 7.45. The highest BCUT2D eigenvalue weighted by Crippen LogP contribution is 2.30. The number of hydrogen-bond donors (Lipinski definition) is 0. The van der Waals surface area contributed by atoms with E-state index in [4.69, 9.17) is 4.74 Å². The first-order valence-corrected chi connectivity index (χ1v) is 12.1. The van der Waals surface area contributed by atoms with Crippen LogP contribution in [0, 0.1) is 0 Å². The molecule has 2 aromatic heterocycles. The zero-order valence-electron chi connectivity index (χ0n) is 16.9. The Labute approximate surface area is 184 Å². The maximum atomic E-state index is 13.4. The van der Waals surface area contributed by atoms with Gasteiger partial charge < -0.3 is 4.74 Å². The summed E-state index contributed by atoms with van der Waals surface area (Å²) in [5, 5.41) is 4.60. The third kappa shape index (κ3) is 3.76. The lowest BCUT2D eigenvalue weighted by Crippen LogP contribution is -2.36. The molecule has 0 saturated carbocycles. The number of sulfonamides is 1. The number of hydrogen-bond acceptors (Lipinski definition) is 7. The van der Waals surface area contributed by atoms with E-state index in [1.807, 2.05) is 42.1 Å². The first kappa shape index (κ1) is 20.3. The lowest BCUT2D eigenvalue weighted by atomic mass is 10.1. The Hall–Kier alpha value is -2.66. The highest BCUT2D eigenvalue weighted by Gasteiger charge is 2.33. The van der Waals surface area contributed by atoms with Crippen molar-refractivity contribution in [2.75, 3.05) is 6.54 Å². The van der Waals surface area contributed by atoms with E-state index in [-0.39, 0.29) is 11.4 Å². The van der Waals surface area contributed by atoms with Gasteiger partial charge in [-0.2, -0.15) is 18.2 Å². The van der Waals surface area contributed by atoms with Gasteiger partial charge in [-0.25, -0.2) is 8.42 Å². The quantitative estimate of drug-likeness (QED) is 0.444. The maximum Gasteiger partial charge on any atom is 0.245 e. The van der Waals surface area contributed by atoms with E-state index in [1.54, 1.807) is 18.2 Å². The van der Waals surface area contributed by atoms with Crippen LogP contribution in [0.5, 0.6) is 0 Å². The van der Waals surface area contributed by atoms with Gasteiger partial charge in [0.05, 0.1) is 30.6 Å². The van der Waals surface area contributed by atoms with Crippen molar-refractivity contribution in [3.63, 3.8) is 0 Å². The van der Waals surface area contributed by atoms with Crippen molar-refractivity contribution in [1.82, 2.24) is 22.8 Å². The van der Waals surface area contributed by atoms with Gasteiger partial charge in [0.2, 0.25) is 10.0 Å². The van der Waals surface area contributed by atoms with Gasteiger partial charge >= 0.3 is 0 Å². The third-order valence-electron chi connectivity index (χ3n) is 5.51. The van der Waals surface area contributed by atoms with Crippen LogP contribution in [0.15, 0.2) is 53.4 Å². The molecule has 0 unspecified atom stereocenters. The average Bonchev–Trinajstić information content (AvgIpc) is 3.39. The fourth-order valence-corrected chi connectivity index (χ4v) is 6.10. The van der Waals surface area contributed by atoms with E-state index in [0.717, 1.165) is 34.2 Å². The molecule has 0 aliphatic carbocycles. The molecular weight excluding hydrogens is 434 g/mol. The van der Waals surface area contributed by atoms with Crippen LogP contribution in [0.4, 0.5) is 0 Å². The van der Waals surface area contributed by atoms with E-state index in [1.165, 1.54) is 4.31 Å². The average molecular weight is 456 g/mol. The summed E-state index contributed by atoms with van der Waals surface area (Å²) < 4.78 is 44.5. The van der Waals surface area contributed by atoms with Crippen molar-refractivity contribution in [3.8, 4) is 0 Å². The monoisotopic (exact) mass is 455 g/mol. The molecular formula is C21H21N5O3S2. The van der Waals surface area contributed by atoms with E-state index >= 15 is 0 Å². The third-order valence-corrected chi connectivity index (χ3v) is 7.93. The van der Waals surface area contributed by atoms with Crippen LogP contribution >= 0.6 is 11.7 Å². The van der Waals surface area contributed by atoms with Crippen molar-refractivity contribution in [3.05, 3.63) is 71.0 Å². The number of aryl methyl sites for hydroxylation is 1. The Kier molecular flexibility index (Phi) is 5.30. The van der Waals surface area contributed by atoms with Crippen LogP contribution in [-0.4, -0.2) is 37.8 Å². The Morgan fingerprint density at radius 3 is 2.74 bits per heavy atom. The van der Waals surface area contributed by atoms with Gasteiger partial charge in [0.1, 0.15) is 15.9 Å². The van der Waals surface area contributed by atoms with Crippen LogP contribution < -0.4 is 0 Å². The van der Waals surface area contributed by atoms with Crippen molar-refractivity contribution in [1.29, 1.82) is 0 Å². The molecule has 31 heavy (non-hydrogen) atoms. The summed E-state index contributed by atoms with van der Waals surface area (Å²) in [4.78, 5) is 0.202. The number of rotatable bonds is 6. The van der Waals surface area contributed by atoms with Crippen LogP contribution in [-0.2, 0) is 48.0 Å². The van der Waals surface area contributed by atoms with E-state index in [0.29, 0.717) is 37.2 Å². The molecule has 4 aromatic rings. The van der Waals surface area contributed by atoms with E-state index < -0.39 is 10.0 Å². The van der Waals surface area contributed by atoms with Gasteiger partial charge in [-0.15, -0.1) is 0 Å². The minimum absolute atomic E-state index is 0.202. The number of ether oxygens (including phenoxy) is 1. The van der Waals surface area contributed by atoms with Gasteiger partial charge in [-0.3, -0.25) is 4.68 Å². The zero-order chi connectivity index (χ0) is 21.4. The molecule has 0 spiro atoms. The summed E-state index contributed by atoms with van der Waals surface area (Å²) in [7, 11) is -1.82. The van der Waals surface area contributed by atoms with Crippen molar-refractivity contribution < 1.29 is 13.2 Å². The molecule has 5 rings (SSSR count). The number of nitrogens with zero attached hydrogens (tertiary/aromatic N) is 5. The summed E-state index contributed by atoms with van der Waals surface area (Å²) in [6.45, 7) is 1.47. The maximum absolute atomic E-state index is 13.4. The molecule has 0 saturated heterocycles. The summed E-state index contributed by atoms with van der Waals surface area (Å²) in [6.07, 6.45) is 0.599. The molecule has 0 fully saturated rings. The van der Waals surface area contributed by atoms with Gasteiger partial charge in [-0.1, -0.05) is 36.4 Å². The molecule has 0 amide bonds. The molecule has 10 heteroatoms. The number of fused-ring (bicyclic) bond motifs is 2. The molecule has 1 aliphatic heterocycles. The molecule has 160 valence electrons. The van der Waals surface area contributed by atoms with Gasteiger partial charge in [0, 0.05) is 37.8 Å². The molecule has 0 radical (unpaired) electrons. The van der Waals surface area contributed by atoms with Gasteiger partial charge in [0.15, 0.2) is 0 Å². The second-order valence-corrected chi connectivity index (χ2v) is 9.89. The summed E-state index contributed by atoms with van der Waals surface area (Å²) in [5.74, 6) is 0. The van der Waals surface area contributed by atoms with Crippen LogP contribution in [0.25, 0.3) is 11.0 Å². The first-order valence-electron chi connectivity index (χ1n) is 9.91. The van der Waals surface area contributed by atoms with Crippen molar-refractivity contribution >= 4 is 32.8 Å². The summed E-state index contributed by atoms with van der Waals surface area (Å²) in [6, 6.07) is 15.0. The Bertz CT molecular complexity index is 1330.